The van der Waals surface area contributed by atoms with Gasteiger partial charge >= 0.3 is 6.18 Å². The molecule has 2 amide bonds. The SMILES string of the molecule is Cc1cc(I)ccc1NC(=O)C[C@@H]1Sc2ccc(C(F)(F)F)cc2NC1=O. The minimum atomic E-state index is -4.48. The first-order chi connectivity index (χ1) is 12.6. The van der Waals surface area contributed by atoms with Crippen LogP contribution in [0.1, 0.15) is 17.5 Å². The van der Waals surface area contributed by atoms with Crippen LogP contribution >= 0.6 is 34.4 Å². The number of nitrogens with one attached hydrogen (secondary N) is 2. The molecule has 27 heavy (non-hydrogen) atoms. The van der Waals surface area contributed by atoms with Gasteiger partial charge in [-0.2, -0.15) is 13.2 Å². The van der Waals surface area contributed by atoms with Crippen LogP contribution in [0.3, 0.4) is 0 Å². The zero-order valence-electron chi connectivity index (χ0n) is 14.0. The molecular weight excluding hydrogens is 492 g/mol. The van der Waals surface area contributed by atoms with Gasteiger partial charge in [0.25, 0.3) is 0 Å². The van der Waals surface area contributed by atoms with E-state index in [0.29, 0.717) is 10.6 Å². The molecule has 1 atom stereocenters. The predicted molar refractivity (Wildman–Crippen MR) is 107 cm³/mol. The van der Waals surface area contributed by atoms with E-state index in [0.717, 1.165) is 33.0 Å². The Balaban J connectivity index is 1.70. The first-order valence-electron chi connectivity index (χ1n) is 7.88. The molecule has 3 rings (SSSR count). The number of rotatable bonds is 3. The number of fused-ring (bicyclic) bond motifs is 1. The maximum atomic E-state index is 12.8. The van der Waals surface area contributed by atoms with Crippen LogP contribution in [0.4, 0.5) is 24.5 Å². The summed E-state index contributed by atoms with van der Waals surface area (Å²) in [6, 6.07) is 8.76. The van der Waals surface area contributed by atoms with E-state index in [1.54, 1.807) is 6.07 Å². The number of carbonyl (C=O) groups is 2. The highest BCUT2D eigenvalue weighted by molar-refractivity contribution is 14.1. The predicted octanol–water partition coefficient (Wildman–Crippen LogP) is 5.06. The van der Waals surface area contributed by atoms with Gasteiger partial charge in [0.1, 0.15) is 0 Å². The van der Waals surface area contributed by atoms with Crippen molar-refractivity contribution in [1.82, 2.24) is 0 Å². The fraction of sp³-hybridized carbons (Fsp3) is 0.222. The van der Waals surface area contributed by atoms with Gasteiger partial charge in [0.15, 0.2) is 0 Å². The van der Waals surface area contributed by atoms with Crippen LogP contribution < -0.4 is 10.6 Å². The molecule has 9 heteroatoms. The van der Waals surface area contributed by atoms with E-state index in [4.69, 9.17) is 0 Å². The Kier molecular flexibility index (Phi) is 5.71. The monoisotopic (exact) mass is 506 g/mol. The molecule has 0 spiro atoms. The van der Waals surface area contributed by atoms with Gasteiger partial charge in [-0.3, -0.25) is 9.59 Å². The minimum Gasteiger partial charge on any atom is -0.326 e. The van der Waals surface area contributed by atoms with Gasteiger partial charge in [-0.05, 0) is 71.5 Å². The van der Waals surface area contributed by atoms with Crippen LogP contribution in [0.25, 0.3) is 0 Å². The summed E-state index contributed by atoms with van der Waals surface area (Å²) in [7, 11) is 0. The summed E-state index contributed by atoms with van der Waals surface area (Å²) in [4.78, 5) is 25.0. The maximum Gasteiger partial charge on any atom is 0.416 e. The zero-order valence-corrected chi connectivity index (χ0v) is 17.0. The molecule has 2 aromatic carbocycles. The third-order valence-corrected chi connectivity index (χ3v) is 5.91. The molecule has 142 valence electrons. The molecule has 2 aromatic rings. The molecule has 0 unspecified atom stereocenters. The van der Waals surface area contributed by atoms with Crippen LogP contribution in [-0.4, -0.2) is 17.1 Å². The molecule has 4 nitrogen and oxygen atoms in total. The number of thioether (sulfide) groups is 1. The Morgan fingerprint density at radius 3 is 2.67 bits per heavy atom. The number of amides is 2. The molecule has 1 heterocycles. The Labute approximate surface area is 171 Å². The lowest BCUT2D eigenvalue weighted by atomic mass is 10.1. The molecule has 0 aliphatic carbocycles. The average molecular weight is 506 g/mol. The molecule has 0 radical (unpaired) electrons. The summed E-state index contributed by atoms with van der Waals surface area (Å²) in [5.74, 6) is -0.816. The van der Waals surface area contributed by atoms with Crippen molar-refractivity contribution in [3.8, 4) is 0 Å². The Morgan fingerprint density at radius 1 is 1.26 bits per heavy atom. The van der Waals surface area contributed by atoms with Crippen molar-refractivity contribution < 1.29 is 22.8 Å². The van der Waals surface area contributed by atoms with Gasteiger partial charge in [0.2, 0.25) is 11.8 Å². The normalized spacial score (nSPS) is 16.5. The number of hydrogen-bond acceptors (Lipinski definition) is 3. The Bertz CT molecular complexity index is 918. The molecule has 0 fully saturated rings. The van der Waals surface area contributed by atoms with Crippen molar-refractivity contribution in [3.05, 3.63) is 51.1 Å². The summed E-state index contributed by atoms with van der Waals surface area (Å²) in [6.45, 7) is 1.87. The van der Waals surface area contributed by atoms with Crippen molar-refractivity contribution in [2.45, 2.75) is 29.7 Å². The highest BCUT2D eigenvalue weighted by Gasteiger charge is 2.34. The van der Waals surface area contributed by atoms with Crippen LogP contribution in [-0.2, 0) is 15.8 Å². The van der Waals surface area contributed by atoms with Crippen LogP contribution in [0.5, 0.6) is 0 Å². The second-order valence-corrected chi connectivity index (χ2v) is 8.51. The summed E-state index contributed by atoms with van der Waals surface area (Å²) in [5, 5.41) is 4.53. The van der Waals surface area contributed by atoms with E-state index >= 15 is 0 Å². The first-order valence-corrected chi connectivity index (χ1v) is 9.84. The number of anilines is 2. The van der Waals surface area contributed by atoms with E-state index in [1.165, 1.54) is 6.07 Å². The minimum absolute atomic E-state index is 0.0810. The topological polar surface area (TPSA) is 58.2 Å². The van der Waals surface area contributed by atoms with Crippen molar-refractivity contribution in [3.63, 3.8) is 0 Å². The molecule has 0 saturated carbocycles. The molecular formula is C18H14F3IN2O2S. The lowest BCUT2D eigenvalue weighted by Crippen LogP contribution is -2.32. The van der Waals surface area contributed by atoms with Crippen molar-refractivity contribution in [2.24, 2.45) is 0 Å². The summed E-state index contributed by atoms with van der Waals surface area (Å²) < 4.78 is 39.4. The first kappa shape index (κ1) is 20.0. The fourth-order valence-electron chi connectivity index (χ4n) is 2.60. The van der Waals surface area contributed by atoms with Crippen molar-refractivity contribution >= 4 is 57.5 Å². The molecule has 1 aliphatic heterocycles. The van der Waals surface area contributed by atoms with E-state index in [-0.39, 0.29) is 18.0 Å². The average Bonchev–Trinajstić information content (AvgIpc) is 2.57. The van der Waals surface area contributed by atoms with Crippen LogP contribution in [0, 0.1) is 10.5 Å². The standard InChI is InChI=1S/C18H14F3IN2O2S/c1-9-6-11(22)3-4-12(9)23-16(25)8-15-17(26)24-13-7-10(18(19,20)21)2-5-14(13)27-15/h2-7,15H,8H2,1H3,(H,23,25)(H,24,26)/t15-/m0/s1. The van der Waals surface area contributed by atoms with Gasteiger partial charge in [-0.15, -0.1) is 11.8 Å². The maximum absolute atomic E-state index is 12.8. The lowest BCUT2D eigenvalue weighted by molar-refractivity contribution is -0.137. The molecule has 0 aromatic heterocycles. The largest absolute Gasteiger partial charge is 0.416 e. The van der Waals surface area contributed by atoms with Gasteiger partial charge in [-0.1, -0.05) is 0 Å². The Morgan fingerprint density at radius 2 is 2.00 bits per heavy atom. The molecule has 0 saturated heterocycles. The van der Waals surface area contributed by atoms with Crippen molar-refractivity contribution in [2.75, 3.05) is 10.6 Å². The number of carbonyl (C=O) groups excluding carboxylic acids is 2. The number of alkyl halides is 3. The van der Waals surface area contributed by atoms with Crippen molar-refractivity contribution in [1.29, 1.82) is 0 Å². The summed E-state index contributed by atoms with van der Waals surface area (Å²) in [5.41, 5.74) is 0.857. The summed E-state index contributed by atoms with van der Waals surface area (Å²) in [6.07, 6.45) is -4.56. The molecule has 2 N–H and O–H groups in total. The number of hydrogen-bond donors (Lipinski definition) is 2. The summed E-state index contributed by atoms with van der Waals surface area (Å²) >= 11 is 3.26. The number of aryl methyl sites for hydroxylation is 1. The Hall–Kier alpha value is -1.75. The number of halogens is 4. The quantitative estimate of drug-likeness (QED) is 0.573. The molecule has 0 bridgehead atoms. The zero-order chi connectivity index (χ0) is 19.8. The third-order valence-electron chi connectivity index (χ3n) is 3.96. The van der Waals surface area contributed by atoms with Gasteiger partial charge in [-0.25, -0.2) is 0 Å². The van der Waals surface area contributed by atoms with E-state index in [9.17, 15) is 22.8 Å². The number of benzene rings is 2. The van der Waals surface area contributed by atoms with Crippen LogP contribution in [0.15, 0.2) is 41.3 Å². The van der Waals surface area contributed by atoms with Gasteiger partial charge in [0.05, 0.1) is 16.5 Å². The second-order valence-electron chi connectivity index (χ2n) is 6.02. The smallest absolute Gasteiger partial charge is 0.326 e. The van der Waals surface area contributed by atoms with Gasteiger partial charge in [0, 0.05) is 20.6 Å². The lowest BCUT2D eigenvalue weighted by Gasteiger charge is -2.24. The third kappa shape index (κ3) is 4.75. The van der Waals surface area contributed by atoms with E-state index in [1.807, 2.05) is 19.1 Å². The highest BCUT2D eigenvalue weighted by atomic mass is 127. The second kappa shape index (κ2) is 7.70. The fourth-order valence-corrected chi connectivity index (χ4v) is 4.34. The van der Waals surface area contributed by atoms with Crippen LogP contribution in [0.2, 0.25) is 0 Å². The highest BCUT2D eigenvalue weighted by Crippen LogP contribution is 2.40. The van der Waals surface area contributed by atoms with Gasteiger partial charge < -0.3 is 10.6 Å². The molecule has 1 aliphatic rings. The van der Waals surface area contributed by atoms with E-state index in [2.05, 4.69) is 33.2 Å². The van der Waals surface area contributed by atoms with E-state index < -0.39 is 22.9 Å².